The average molecular weight is 1190 g/mol. The largest absolute Gasteiger partial charge is 0.400 e. The molecule has 84 heavy (non-hydrogen) atoms. The molecule has 10 heteroatoms. The highest BCUT2D eigenvalue weighted by atomic mass is 32.2. The van der Waals surface area contributed by atoms with Crippen LogP contribution in [0.4, 0.5) is 0 Å². The number of Topliss-reactive ketones (excluding diaryl/α,β-unsaturated/α-hetero) is 2. The van der Waals surface area contributed by atoms with Crippen molar-refractivity contribution in [1.82, 2.24) is 0 Å². The van der Waals surface area contributed by atoms with Crippen LogP contribution >= 0.6 is 0 Å². The fourth-order valence-corrected chi connectivity index (χ4v) is 24.5. The summed E-state index contributed by atoms with van der Waals surface area (Å²) in [4.78, 5) is 28.7. The third-order valence-electron chi connectivity index (χ3n) is 27.5. The van der Waals surface area contributed by atoms with E-state index in [1.54, 1.807) is 24.3 Å². The van der Waals surface area contributed by atoms with Crippen molar-refractivity contribution in [2.24, 2.45) is 104 Å². The van der Waals surface area contributed by atoms with Gasteiger partial charge >= 0.3 is 0 Å². The van der Waals surface area contributed by atoms with Crippen molar-refractivity contribution < 1.29 is 43.5 Å². The van der Waals surface area contributed by atoms with Gasteiger partial charge in [0.05, 0.1) is 32.5 Å². The normalized spacial score (nSPS) is 43.2. The molecule has 10 aliphatic rings. The van der Waals surface area contributed by atoms with Gasteiger partial charge in [0.15, 0.2) is 9.84 Å². The Hall–Kier alpha value is -1.69. The number of carbonyl (C=O) groups is 2. The van der Waals surface area contributed by atoms with Crippen LogP contribution in [0.5, 0.6) is 0 Å². The molecule has 10 saturated carbocycles. The van der Waals surface area contributed by atoms with Crippen LogP contribution in [0.15, 0.2) is 35.2 Å². The number of rotatable bonds is 10. The van der Waals surface area contributed by atoms with Gasteiger partial charge in [0, 0.05) is 31.8 Å². The van der Waals surface area contributed by atoms with Crippen LogP contribution < -0.4 is 0 Å². The first-order valence-corrected chi connectivity index (χ1v) is 34.8. The zero-order valence-electron chi connectivity index (χ0n) is 53.3. The molecule has 0 bridgehead atoms. The molecule has 19 atom stereocenters. The lowest BCUT2D eigenvalue weighted by atomic mass is 9.43. The lowest BCUT2D eigenvalue weighted by Gasteiger charge is -2.61. The van der Waals surface area contributed by atoms with E-state index in [1.807, 2.05) is 19.9 Å². The Balaban J connectivity index is 0.000000258. The SMILES string of the molecule is C.C.C.CO.C[C@H](C(CC1(O)CCC(C)(C)CC1)S(=O)(=O)c1ccccc1)[C@H]1CC[C@H]2[C@@H]3CC[C@@H]4C[C@@](C)(O)CC[C@]4(C)[C@H]3C(=O)C[C@]12C.C[C@H](CCC1(O)CCC(C)(C)CC1)[C@H]1CC[C@H]2[C@@H]3CC[C@@H]4C[C@@](C)(O)CC[C@]4(C)[C@H]3C(=O)C[C@]12C. The maximum atomic E-state index is 14.5. The molecule has 1 aromatic carbocycles. The second-order valence-corrected chi connectivity index (χ2v) is 36.0. The van der Waals surface area contributed by atoms with Crippen LogP contribution in [0.1, 0.15) is 279 Å². The summed E-state index contributed by atoms with van der Waals surface area (Å²) in [6, 6.07) is 8.85. The average Bonchev–Trinajstić information content (AvgIpc) is 1.50. The smallest absolute Gasteiger partial charge is 0.181 e. The molecule has 0 heterocycles. The highest BCUT2D eigenvalue weighted by Crippen LogP contribution is 2.70. The van der Waals surface area contributed by atoms with Crippen molar-refractivity contribution in [2.45, 2.75) is 311 Å². The minimum atomic E-state index is -3.71. The molecule has 1 aromatic rings. The first-order valence-electron chi connectivity index (χ1n) is 33.3. The summed E-state index contributed by atoms with van der Waals surface area (Å²) < 4.78 is 29.0. The van der Waals surface area contributed by atoms with Crippen molar-refractivity contribution in [3.8, 4) is 0 Å². The lowest BCUT2D eigenvalue weighted by molar-refractivity contribution is -0.169. The minimum Gasteiger partial charge on any atom is -0.400 e. The Labute approximate surface area is 514 Å². The second-order valence-electron chi connectivity index (χ2n) is 33.9. The zero-order chi connectivity index (χ0) is 59.4. The van der Waals surface area contributed by atoms with Crippen molar-refractivity contribution in [3.63, 3.8) is 0 Å². The van der Waals surface area contributed by atoms with Gasteiger partial charge in [-0.05, 0) is 278 Å². The Bertz CT molecular complexity index is 2500. The van der Waals surface area contributed by atoms with Crippen LogP contribution in [-0.2, 0) is 19.4 Å². The quantitative estimate of drug-likeness (QED) is 0.153. The van der Waals surface area contributed by atoms with Crippen LogP contribution in [0.3, 0.4) is 0 Å². The van der Waals surface area contributed by atoms with Crippen molar-refractivity contribution >= 4 is 21.4 Å². The van der Waals surface area contributed by atoms with Gasteiger partial charge in [-0.25, -0.2) is 8.42 Å². The summed E-state index contributed by atoms with van der Waals surface area (Å²) in [6.07, 6.45) is 25.0. The molecule has 0 amide bonds. The number of fused-ring (bicyclic) bond motifs is 10. The number of aliphatic hydroxyl groups excluding tert-OH is 1. The minimum absolute atomic E-state index is 0. The van der Waals surface area contributed by atoms with Gasteiger partial charge < -0.3 is 25.5 Å². The van der Waals surface area contributed by atoms with Gasteiger partial charge in [-0.3, -0.25) is 9.59 Å². The number of hydrogen-bond acceptors (Lipinski definition) is 9. The second kappa shape index (κ2) is 25.2. The first-order chi connectivity index (χ1) is 37.6. The van der Waals surface area contributed by atoms with Gasteiger partial charge in [-0.2, -0.15) is 0 Å². The van der Waals surface area contributed by atoms with Crippen LogP contribution in [0.2, 0.25) is 0 Å². The molecular formula is C74H128O9S. The molecule has 0 spiro atoms. The molecule has 0 radical (unpaired) electrons. The summed E-state index contributed by atoms with van der Waals surface area (Å²) in [6.45, 7) is 27.2. The molecule has 10 fully saturated rings. The molecule has 1 unspecified atom stereocenters. The molecule has 11 rings (SSSR count). The van der Waals surface area contributed by atoms with E-state index in [-0.39, 0.29) is 79.4 Å². The molecule has 0 aromatic heterocycles. The Morgan fingerprint density at radius 3 is 1.35 bits per heavy atom. The molecule has 0 saturated heterocycles. The maximum Gasteiger partial charge on any atom is 0.181 e. The van der Waals surface area contributed by atoms with Gasteiger partial charge in [-0.1, -0.05) is 110 Å². The standard InChI is InChI=1S/C38H58O5S.C32H54O3.CH4O.3CH4/c1-25(32(44(42,43)27-10-8-7-9-11-27)24-38(41)20-16-34(2,3)17-21-38)29-14-15-30-28-13-12-26-22-35(4,40)18-19-36(26,5)33(28)31(39)23-37(29,30)6;1-21(11-12-32(35)17-13-28(2,3)14-18-32)24-9-10-25-23-8-7-22-19-29(4,34)15-16-30(22,5)27(23)26(33)20-31(24,25)6;1-2;;;/h7-11,25-26,28-30,32-33,40-41H,12-24H2,1-6H3;21-25,27,34-35H,7-20H2,1-6H3;2H,1H3;3*1H4/t25-,26+,28-,29+,30-,32?,33+,35-,36-,37+;21-,22-,23+,24-,25+,27-,29+,30+,31-;;;;/m01..../s1. The Morgan fingerprint density at radius 2 is 0.905 bits per heavy atom. The number of benzene rings is 1. The summed E-state index contributed by atoms with van der Waals surface area (Å²) in [7, 11) is -2.71. The number of carbonyl (C=O) groups excluding carboxylic acids is 2. The van der Waals surface area contributed by atoms with Gasteiger partial charge in [0.25, 0.3) is 0 Å². The van der Waals surface area contributed by atoms with Crippen LogP contribution in [0.25, 0.3) is 0 Å². The fraction of sp³-hybridized carbons (Fsp3) is 0.892. The Kier molecular flexibility index (Phi) is 21.4. The highest BCUT2D eigenvalue weighted by Gasteiger charge is 2.67. The first kappa shape index (κ1) is 71.4. The number of ketones is 2. The fourth-order valence-electron chi connectivity index (χ4n) is 22.3. The molecule has 10 aliphatic carbocycles. The lowest BCUT2D eigenvalue weighted by Crippen LogP contribution is -2.59. The molecule has 0 aliphatic heterocycles. The van der Waals surface area contributed by atoms with Crippen molar-refractivity contribution in [1.29, 1.82) is 0 Å². The third-order valence-corrected chi connectivity index (χ3v) is 29.8. The molecule has 9 nitrogen and oxygen atoms in total. The molecular weight excluding hydrogens is 1060 g/mol. The predicted molar refractivity (Wildman–Crippen MR) is 345 cm³/mol. The van der Waals surface area contributed by atoms with E-state index in [4.69, 9.17) is 5.11 Å². The maximum absolute atomic E-state index is 14.5. The summed E-state index contributed by atoms with van der Waals surface area (Å²) in [5.74, 6) is 5.21. The Morgan fingerprint density at radius 1 is 0.500 bits per heavy atom. The van der Waals surface area contributed by atoms with E-state index in [9.17, 15) is 38.4 Å². The monoisotopic (exact) mass is 1190 g/mol. The van der Waals surface area contributed by atoms with E-state index in [0.29, 0.717) is 88.5 Å². The van der Waals surface area contributed by atoms with Gasteiger partial charge in [0.2, 0.25) is 0 Å². The number of aliphatic hydroxyl groups is 5. The topological polar surface area (TPSA) is 169 Å². The van der Waals surface area contributed by atoms with Crippen LogP contribution in [0, 0.1) is 104 Å². The van der Waals surface area contributed by atoms with Crippen molar-refractivity contribution in [2.75, 3.05) is 7.11 Å². The van der Waals surface area contributed by atoms with E-state index < -0.39 is 37.5 Å². The van der Waals surface area contributed by atoms with Crippen LogP contribution in [-0.4, -0.2) is 80.3 Å². The van der Waals surface area contributed by atoms with E-state index in [0.717, 1.165) is 129 Å². The highest BCUT2D eigenvalue weighted by molar-refractivity contribution is 7.92. The molecule has 5 N–H and O–H groups in total. The van der Waals surface area contributed by atoms with Crippen molar-refractivity contribution in [3.05, 3.63) is 30.3 Å². The summed E-state index contributed by atoms with van der Waals surface area (Å²) >= 11 is 0. The number of hydrogen-bond donors (Lipinski definition) is 5. The summed E-state index contributed by atoms with van der Waals surface area (Å²) in [5, 5.41) is 51.2. The third kappa shape index (κ3) is 13.2. The van der Waals surface area contributed by atoms with E-state index >= 15 is 0 Å². The number of sulfone groups is 1. The van der Waals surface area contributed by atoms with E-state index in [1.165, 1.54) is 25.7 Å². The molecule has 484 valence electrons. The zero-order valence-corrected chi connectivity index (χ0v) is 54.1. The predicted octanol–water partition coefficient (Wildman–Crippen LogP) is 16.6. The van der Waals surface area contributed by atoms with Gasteiger partial charge in [0.1, 0.15) is 11.6 Å². The summed E-state index contributed by atoms with van der Waals surface area (Å²) in [5.41, 5.74) is -2.14. The van der Waals surface area contributed by atoms with Gasteiger partial charge in [-0.15, -0.1) is 0 Å². The van der Waals surface area contributed by atoms with E-state index in [2.05, 4.69) is 69.2 Å².